The number of ether oxygens (including phenoxy) is 1. The van der Waals surface area contributed by atoms with Crippen LogP contribution in [0.4, 0.5) is 0 Å². The molecular formula is C19H20O3. The number of carboxylic acids is 1. The summed E-state index contributed by atoms with van der Waals surface area (Å²) in [5, 5.41) is 9.51. The molecule has 0 radical (unpaired) electrons. The zero-order chi connectivity index (χ0) is 16.1. The maximum Gasteiger partial charge on any atom is 0.336 e. The first kappa shape index (κ1) is 15.8. The number of benzene rings is 2. The standard InChI is InChI=1S/C19H20O3/c1-4-22-18-10-9-16(11-14(18)3)17(19(20)21)12-15-7-5-13(2)6-8-15/h5-12H,4H2,1-3H3,(H,20,21)/b17-12-. The first-order chi connectivity index (χ1) is 10.5. The van der Waals surface area contributed by atoms with Gasteiger partial charge in [-0.05, 0) is 55.7 Å². The van der Waals surface area contributed by atoms with Gasteiger partial charge >= 0.3 is 5.97 Å². The van der Waals surface area contributed by atoms with Crippen LogP contribution < -0.4 is 4.74 Å². The smallest absolute Gasteiger partial charge is 0.336 e. The number of carboxylic acid groups (broad SMARTS) is 1. The van der Waals surface area contributed by atoms with Gasteiger partial charge < -0.3 is 9.84 Å². The Kier molecular flexibility index (Phi) is 4.99. The fourth-order valence-corrected chi connectivity index (χ4v) is 2.23. The molecule has 0 atom stereocenters. The van der Waals surface area contributed by atoms with Crippen molar-refractivity contribution < 1.29 is 14.6 Å². The van der Waals surface area contributed by atoms with E-state index in [1.165, 1.54) is 0 Å². The van der Waals surface area contributed by atoms with Crippen molar-refractivity contribution in [2.24, 2.45) is 0 Å². The third-order valence-electron chi connectivity index (χ3n) is 3.40. The molecule has 0 fully saturated rings. The van der Waals surface area contributed by atoms with Gasteiger partial charge in [-0.25, -0.2) is 4.79 Å². The molecule has 0 unspecified atom stereocenters. The molecule has 3 nitrogen and oxygen atoms in total. The Hall–Kier alpha value is -2.55. The van der Waals surface area contributed by atoms with E-state index in [0.717, 1.165) is 22.4 Å². The Morgan fingerprint density at radius 1 is 1.14 bits per heavy atom. The first-order valence-corrected chi connectivity index (χ1v) is 7.26. The van der Waals surface area contributed by atoms with E-state index >= 15 is 0 Å². The second kappa shape index (κ2) is 6.94. The molecular weight excluding hydrogens is 276 g/mol. The Balaban J connectivity index is 2.42. The van der Waals surface area contributed by atoms with Crippen LogP contribution >= 0.6 is 0 Å². The highest BCUT2D eigenvalue weighted by Gasteiger charge is 2.12. The van der Waals surface area contributed by atoms with Gasteiger partial charge in [-0.3, -0.25) is 0 Å². The van der Waals surface area contributed by atoms with Crippen molar-refractivity contribution in [1.82, 2.24) is 0 Å². The number of aryl methyl sites for hydroxylation is 2. The SMILES string of the molecule is CCOc1ccc(/C(=C/c2ccc(C)cc2)C(=O)O)cc1C. The van der Waals surface area contributed by atoms with Gasteiger partial charge in [0.05, 0.1) is 12.2 Å². The summed E-state index contributed by atoms with van der Waals surface area (Å²) in [7, 11) is 0. The molecule has 0 saturated heterocycles. The van der Waals surface area contributed by atoms with Crippen molar-refractivity contribution in [2.45, 2.75) is 20.8 Å². The fourth-order valence-electron chi connectivity index (χ4n) is 2.23. The molecule has 1 N–H and O–H groups in total. The van der Waals surface area contributed by atoms with Gasteiger partial charge in [0, 0.05) is 0 Å². The third-order valence-corrected chi connectivity index (χ3v) is 3.40. The fraction of sp³-hybridized carbons (Fsp3) is 0.211. The van der Waals surface area contributed by atoms with Crippen LogP contribution in [0.1, 0.15) is 29.2 Å². The Labute approximate surface area is 130 Å². The Morgan fingerprint density at radius 2 is 1.82 bits per heavy atom. The lowest BCUT2D eigenvalue weighted by Crippen LogP contribution is -2.01. The quantitative estimate of drug-likeness (QED) is 0.660. The minimum Gasteiger partial charge on any atom is -0.494 e. The maximum absolute atomic E-state index is 11.6. The summed E-state index contributed by atoms with van der Waals surface area (Å²) in [6, 6.07) is 13.2. The average molecular weight is 296 g/mol. The average Bonchev–Trinajstić information content (AvgIpc) is 2.48. The zero-order valence-corrected chi connectivity index (χ0v) is 13.1. The molecule has 0 aromatic heterocycles. The van der Waals surface area contributed by atoms with E-state index < -0.39 is 5.97 Å². The molecule has 0 aliphatic carbocycles. The molecule has 0 bridgehead atoms. The molecule has 2 aromatic carbocycles. The normalized spacial score (nSPS) is 11.3. The topological polar surface area (TPSA) is 46.5 Å². The van der Waals surface area contributed by atoms with E-state index in [-0.39, 0.29) is 5.57 Å². The summed E-state index contributed by atoms with van der Waals surface area (Å²) >= 11 is 0. The van der Waals surface area contributed by atoms with E-state index in [9.17, 15) is 9.90 Å². The van der Waals surface area contributed by atoms with Gasteiger partial charge in [-0.15, -0.1) is 0 Å². The summed E-state index contributed by atoms with van der Waals surface area (Å²) in [4.78, 5) is 11.6. The van der Waals surface area contributed by atoms with Crippen LogP contribution in [0.5, 0.6) is 5.75 Å². The number of hydrogen-bond acceptors (Lipinski definition) is 2. The lowest BCUT2D eigenvalue weighted by Gasteiger charge is -2.10. The minimum absolute atomic E-state index is 0.273. The summed E-state index contributed by atoms with van der Waals surface area (Å²) in [6.07, 6.45) is 1.69. The van der Waals surface area contributed by atoms with Crippen LogP contribution in [-0.2, 0) is 4.79 Å². The van der Waals surface area contributed by atoms with Gasteiger partial charge in [-0.2, -0.15) is 0 Å². The predicted molar refractivity (Wildman–Crippen MR) is 89.0 cm³/mol. The van der Waals surface area contributed by atoms with Crippen LogP contribution in [0.25, 0.3) is 11.6 Å². The Morgan fingerprint density at radius 3 is 2.36 bits per heavy atom. The van der Waals surface area contributed by atoms with Crippen molar-refractivity contribution >= 4 is 17.6 Å². The summed E-state index contributed by atoms with van der Waals surface area (Å²) in [5.41, 5.74) is 3.89. The van der Waals surface area contributed by atoms with Gasteiger partial charge in [-0.1, -0.05) is 35.9 Å². The molecule has 2 rings (SSSR count). The molecule has 0 aliphatic heterocycles. The van der Waals surface area contributed by atoms with Gasteiger partial charge in [0.25, 0.3) is 0 Å². The minimum atomic E-state index is -0.941. The van der Waals surface area contributed by atoms with Crippen LogP contribution in [0.15, 0.2) is 42.5 Å². The van der Waals surface area contributed by atoms with Gasteiger partial charge in [0.2, 0.25) is 0 Å². The second-order valence-electron chi connectivity index (χ2n) is 5.19. The number of rotatable bonds is 5. The molecule has 0 heterocycles. The van der Waals surface area contributed by atoms with Crippen molar-refractivity contribution in [3.63, 3.8) is 0 Å². The monoisotopic (exact) mass is 296 g/mol. The molecule has 114 valence electrons. The molecule has 2 aromatic rings. The number of carbonyl (C=O) groups is 1. The molecule has 0 saturated carbocycles. The number of aliphatic carboxylic acids is 1. The maximum atomic E-state index is 11.6. The molecule has 3 heteroatoms. The van der Waals surface area contributed by atoms with E-state index in [2.05, 4.69) is 0 Å². The van der Waals surface area contributed by atoms with Crippen LogP contribution in [0.3, 0.4) is 0 Å². The van der Waals surface area contributed by atoms with Crippen molar-refractivity contribution in [3.8, 4) is 5.75 Å². The molecule has 0 spiro atoms. The molecule has 0 aliphatic rings. The van der Waals surface area contributed by atoms with E-state index in [0.29, 0.717) is 12.2 Å². The molecule has 22 heavy (non-hydrogen) atoms. The summed E-state index contributed by atoms with van der Waals surface area (Å²) in [5.74, 6) is -0.157. The second-order valence-corrected chi connectivity index (χ2v) is 5.19. The van der Waals surface area contributed by atoms with E-state index in [1.807, 2.05) is 57.2 Å². The van der Waals surface area contributed by atoms with Crippen molar-refractivity contribution in [3.05, 3.63) is 64.7 Å². The molecule has 0 amide bonds. The van der Waals surface area contributed by atoms with E-state index in [1.54, 1.807) is 12.1 Å². The lowest BCUT2D eigenvalue weighted by atomic mass is 10.00. The highest BCUT2D eigenvalue weighted by Crippen LogP contribution is 2.25. The summed E-state index contributed by atoms with van der Waals surface area (Å²) in [6.45, 7) is 6.43. The summed E-state index contributed by atoms with van der Waals surface area (Å²) < 4.78 is 5.50. The van der Waals surface area contributed by atoms with Gasteiger partial charge in [0.15, 0.2) is 0 Å². The first-order valence-electron chi connectivity index (χ1n) is 7.26. The Bertz CT molecular complexity index is 697. The predicted octanol–water partition coefficient (Wildman–Crippen LogP) is 4.33. The largest absolute Gasteiger partial charge is 0.494 e. The van der Waals surface area contributed by atoms with E-state index in [4.69, 9.17) is 4.74 Å². The van der Waals surface area contributed by atoms with Crippen molar-refractivity contribution in [2.75, 3.05) is 6.61 Å². The van der Waals surface area contributed by atoms with Crippen LogP contribution in [-0.4, -0.2) is 17.7 Å². The third kappa shape index (κ3) is 3.76. The lowest BCUT2D eigenvalue weighted by molar-refractivity contribution is -0.130. The highest BCUT2D eigenvalue weighted by atomic mass is 16.5. The number of hydrogen-bond donors (Lipinski definition) is 1. The van der Waals surface area contributed by atoms with Gasteiger partial charge in [0.1, 0.15) is 5.75 Å². The van der Waals surface area contributed by atoms with Crippen molar-refractivity contribution in [1.29, 1.82) is 0 Å². The zero-order valence-electron chi connectivity index (χ0n) is 13.1. The van der Waals surface area contributed by atoms with Crippen LogP contribution in [0, 0.1) is 13.8 Å². The highest BCUT2D eigenvalue weighted by molar-refractivity contribution is 6.20. The van der Waals surface area contributed by atoms with Crippen LogP contribution in [0.2, 0.25) is 0 Å².